The van der Waals surface area contributed by atoms with E-state index in [0.717, 1.165) is 5.69 Å². The number of amides is 1. The summed E-state index contributed by atoms with van der Waals surface area (Å²) in [4.78, 5) is 31.2. The lowest BCUT2D eigenvalue weighted by Gasteiger charge is -2.10. The molecule has 6 nitrogen and oxygen atoms in total. The second-order valence-electron chi connectivity index (χ2n) is 6.87. The van der Waals surface area contributed by atoms with Gasteiger partial charge in [0, 0.05) is 23.6 Å². The summed E-state index contributed by atoms with van der Waals surface area (Å²) in [6.45, 7) is 0. The normalized spacial score (nSPS) is 10.7. The third-order valence-electron chi connectivity index (χ3n) is 4.77. The van der Waals surface area contributed by atoms with Gasteiger partial charge in [0.05, 0.1) is 22.4 Å². The summed E-state index contributed by atoms with van der Waals surface area (Å²) in [5.41, 5.74) is 5.19. The van der Waals surface area contributed by atoms with Gasteiger partial charge >= 0.3 is 0 Å². The van der Waals surface area contributed by atoms with Crippen molar-refractivity contribution in [2.24, 2.45) is 0 Å². The van der Waals surface area contributed by atoms with Crippen LogP contribution < -0.4 is 5.32 Å². The van der Waals surface area contributed by atoms with Gasteiger partial charge in [-0.3, -0.25) is 14.8 Å². The molecule has 0 aliphatic heterocycles. The van der Waals surface area contributed by atoms with Gasteiger partial charge in [-0.1, -0.05) is 30.3 Å². The maximum absolute atomic E-state index is 12.7. The Morgan fingerprint density at radius 3 is 1.87 bits per heavy atom. The highest BCUT2D eigenvalue weighted by Gasteiger charge is 2.16. The van der Waals surface area contributed by atoms with Crippen LogP contribution in [0, 0.1) is 0 Å². The van der Waals surface area contributed by atoms with E-state index in [9.17, 15) is 4.79 Å². The minimum absolute atomic E-state index is 0.205. The van der Waals surface area contributed by atoms with Crippen molar-refractivity contribution in [2.45, 2.75) is 0 Å². The summed E-state index contributed by atoms with van der Waals surface area (Å²) < 4.78 is 0. The second kappa shape index (κ2) is 8.12. The molecule has 0 saturated carbocycles. The molecular weight excluding hydrogens is 386 g/mol. The summed E-state index contributed by atoms with van der Waals surface area (Å²) in [5.74, 6) is -0.205. The van der Waals surface area contributed by atoms with Crippen molar-refractivity contribution in [3.8, 4) is 22.8 Å². The Morgan fingerprint density at radius 1 is 0.645 bits per heavy atom. The van der Waals surface area contributed by atoms with Gasteiger partial charge in [-0.15, -0.1) is 0 Å². The molecule has 0 fully saturated rings. The molecule has 0 bridgehead atoms. The van der Waals surface area contributed by atoms with Crippen LogP contribution in [0.15, 0.2) is 97.3 Å². The predicted molar refractivity (Wildman–Crippen MR) is 120 cm³/mol. The van der Waals surface area contributed by atoms with Crippen molar-refractivity contribution in [1.29, 1.82) is 0 Å². The number of pyridine rings is 2. The van der Waals surface area contributed by atoms with Gasteiger partial charge in [-0.05, 0) is 54.6 Å². The van der Waals surface area contributed by atoms with Gasteiger partial charge in [0.1, 0.15) is 11.4 Å². The zero-order chi connectivity index (χ0) is 21.0. The molecule has 3 aromatic heterocycles. The number of carbonyl (C=O) groups excluding carboxylic acids is 1. The third kappa shape index (κ3) is 3.86. The van der Waals surface area contributed by atoms with E-state index in [1.165, 1.54) is 0 Å². The number of nitrogens with zero attached hydrogens (tertiary/aromatic N) is 4. The van der Waals surface area contributed by atoms with Gasteiger partial charge in [0.15, 0.2) is 0 Å². The Kier molecular flexibility index (Phi) is 4.86. The van der Waals surface area contributed by atoms with E-state index >= 15 is 0 Å². The van der Waals surface area contributed by atoms with Crippen molar-refractivity contribution in [3.05, 3.63) is 103 Å². The average Bonchev–Trinajstić information content (AvgIpc) is 2.84. The van der Waals surface area contributed by atoms with Gasteiger partial charge in [-0.25, -0.2) is 9.97 Å². The number of aromatic nitrogens is 4. The van der Waals surface area contributed by atoms with Crippen LogP contribution in [-0.2, 0) is 0 Å². The SMILES string of the molecule is O=C(Nc1ccccc1)c1ccc2nc(-c3ccccn3)c(-c3ccccn3)nc2c1. The van der Waals surface area contributed by atoms with Crippen molar-refractivity contribution >= 4 is 22.6 Å². The molecule has 0 unspecified atom stereocenters. The first kappa shape index (κ1) is 18.6. The topological polar surface area (TPSA) is 80.7 Å². The highest BCUT2D eigenvalue weighted by Crippen LogP contribution is 2.29. The van der Waals surface area contributed by atoms with E-state index in [0.29, 0.717) is 39.4 Å². The Hall–Kier alpha value is -4.45. The average molecular weight is 403 g/mol. The van der Waals surface area contributed by atoms with Crippen LogP contribution in [-0.4, -0.2) is 25.8 Å². The monoisotopic (exact) mass is 403 g/mol. The predicted octanol–water partition coefficient (Wildman–Crippen LogP) is 5.01. The number of benzene rings is 2. The molecule has 0 radical (unpaired) electrons. The van der Waals surface area contributed by atoms with Gasteiger partial charge < -0.3 is 5.32 Å². The van der Waals surface area contributed by atoms with Gasteiger partial charge in [0.25, 0.3) is 5.91 Å². The molecular formula is C25H17N5O. The smallest absolute Gasteiger partial charge is 0.255 e. The summed E-state index contributed by atoms with van der Waals surface area (Å²) in [6.07, 6.45) is 3.44. The van der Waals surface area contributed by atoms with Crippen LogP contribution in [0.2, 0.25) is 0 Å². The lowest BCUT2D eigenvalue weighted by molar-refractivity contribution is 0.102. The van der Waals surface area contributed by atoms with E-state index in [4.69, 9.17) is 9.97 Å². The third-order valence-corrected chi connectivity index (χ3v) is 4.77. The van der Waals surface area contributed by atoms with Crippen LogP contribution in [0.1, 0.15) is 10.4 Å². The number of carbonyl (C=O) groups is 1. The van der Waals surface area contributed by atoms with E-state index in [1.807, 2.05) is 66.7 Å². The number of hydrogen-bond donors (Lipinski definition) is 1. The summed E-state index contributed by atoms with van der Waals surface area (Å²) in [6, 6.07) is 25.9. The number of nitrogens with one attached hydrogen (secondary N) is 1. The Balaban J connectivity index is 1.61. The highest BCUT2D eigenvalue weighted by molar-refractivity contribution is 6.06. The molecule has 3 heterocycles. The molecule has 5 aromatic rings. The van der Waals surface area contributed by atoms with Crippen LogP contribution in [0.5, 0.6) is 0 Å². The van der Waals surface area contributed by atoms with Gasteiger partial charge in [-0.2, -0.15) is 0 Å². The maximum Gasteiger partial charge on any atom is 0.255 e. The molecule has 2 aromatic carbocycles. The fourth-order valence-electron chi connectivity index (χ4n) is 3.28. The number of fused-ring (bicyclic) bond motifs is 1. The molecule has 0 atom stereocenters. The van der Waals surface area contributed by atoms with Gasteiger partial charge in [0.2, 0.25) is 0 Å². The molecule has 148 valence electrons. The van der Waals surface area contributed by atoms with Crippen molar-refractivity contribution in [1.82, 2.24) is 19.9 Å². The zero-order valence-electron chi connectivity index (χ0n) is 16.4. The van der Waals surface area contributed by atoms with E-state index < -0.39 is 0 Å². The Labute approximate surface area is 178 Å². The molecule has 1 N–H and O–H groups in total. The molecule has 0 aliphatic rings. The minimum atomic E-state index is -0.205. The highest BCUT2D eigenvalue weighted by atomic mass is 16.1. The van der Waals surface area contributed by atoms with Crippen LogP contribution >= 0.6 is 0 Å². The lowest BCUT2D eigenvalue weighted by atomic mass is 10.1. The minimum Gasteiger partial charge on any atom is -0.322 e. The fraction of sp³-hybridized carbons (Fsp3) is 0. The first-order chi connectivity index (χ1) is 15.3. The van der Waals surface area contributed by atoms with Crippen LogP contribution in [0.25, 0.3) is 33.8 Å². The largest absolute Gasteiger partial charge is 0.322 e. The molecule has 0 spiro atoms. The molecule has 5 rings (SSSR count). The number of hydrogen-bond acceptors (Lipinski definition) is 5. The molecule has 0 aliphatic carbocycles. The second-order valence-corrected chi connectivity index (χ2v) is 6.87. The first-order valence-corrected chi connectivity index (χ1v) is 9.79. The molecule has 6 heteroatoms. The molecule has 1 amide bonds. The quantitative estimate of drug-likeness (QED) is 0.456. The fourth-order valence-corrected chi connectivity index (χ4v) is 3.28. The van der Waals surface area contributed by atoms with E-state index in [-0.39, 0.29) is 5.91 Å². The number of anilines is 1. The zero-order valence-corrected chi connectivity index (χ0v) is 16.4. The maximum atomic E-state index is 12.7. The Bertz CT molecular complexity index is 1360. The van der Waals surface area contributed by atoms with Crippen molar-refractivity contribution in [3.63, 3.8) is 0 Å². The summed E-state index contributed by atoms with van der Waals surface area (Å²) in [5, 5.41) is 2.90. The molecule has 0 saturated heterocycles. The number of para-hydroxylation sites is 1. The van der Waals surface area contributed by atoms with Crippen molar-refractivity contribution < 1.29 is 4.79 Å². The van der Waals surface area contributed by atoms with Crippen molar-refractivity contribution in [2.75, 3.05) is 5.32 Å². The number of rotatable bonds is 4. The van der Waals surface area contributed by atoms with E-state index in [1.54, 1.807) is 30.6 Å². The molecule has 31 heavy (non-hydrogen) atoms. The van der Waals surface area contributed by atoms with Crippen LogP contribution in [0.3, 0.4) is 0 Å². The lowest BCUT2D eigenvalue weighted by Crippen LogP contribution is -2.12. The van der Waals surface area contributed by atoms with Crippen LogP contribution in [0.4, 0.5) is 5.69 Å². The van der Waals surface area contributed by atoms with E-state index in [2.05, 4.69) is 15.3 Å². The summed E-state index contributed by atoms with van der Waals surface area (Å²) >= 11 is 0. The standard InChI is InChI=1S/C25H17N5O/c31-25(28-18-8-2-1-3-9-18)17-12-13-19-22(16-17)30-24(21-11-5-7-15-27-21)23(29-19)20-10-4-6-14-26-20/h1-16H,(H,28,31). The summed E-state index contributed by atoms with van der Waals surface area (Å²) in [7, 11) is 0. The first-order valence-electron chi connectivity index (χ1n) is 9.79. The Morgan fingerprint density at radius 2 is 1.26 bits per heavy atom.